The molecule has 0 amide bonds. The van der Waals surface area contributed by atoms with E-state index in [9.17, 15) is 0 Å². The van der Waals surface area contributed by atoms with Crippen LogP contribution in [0.15, 0.2) is 12.1 Å². The third kappa shape index (κ3) is 1.92. The number of anilines is 1. The van der Waals surface area contributed by atoms with Crippen LogP contribution in [0.2, 0.25) is 10.0 Å². The van der Waals surface area contributed by atoms with Gasteiger partial charge in [0.05, 0.1) is 10.9 Å². The van der Waals surface area contributed by atoms with Gasteiger partial charge in [0.25, 0.3) is 0 Å². The van der Waals surface area contributed by atoms with Crippen molar-refractivity contribution in [2.45, 2.75) is 18.1 Å². The second-order valence-electron chi connectivity index (χ2n) is 5.56. The van der Waals surface area contributed by atoms with Crippen LogP contribution in [0, 0.1) is 0 Å². The van der Waals surface area contributed by atoms with E-state index in [2.05, 4.69) is 12.2 Å². The molecule has 0 fully saturated rings. The first-order chi connectivity index (χ1) is 10.1. The van der Waals surface area contributed by atoms with Crippen molar-refractivity contribution in [1.82, 2.24) is 9.78 Å². The number of thioether (sulfide) groups is 1. The molecule has 0 spiro atoms. The molecule has 21 heavy (non-hydrogen) atoms. The molecule has 1 aromatic heterocycles. The number of fused-ring (bicyclic) bond motifs is 2. The Morgan fingerprint density at radius 2 is 2.14 bits per heavy atom. The molecule has 3 nitrogen and oxygen atoms in total. The largest absolute Gasteiger partial charge is 0.369 e. The summed E-state index contributed by atoms with van der Waals surface area (Å²) in [6.45, 7) is 3.13. The average molecular weight is 340 g/mol. The molecule has 0 saturated heterocycles. The van der Waals surface area contributed by atoms with Crippen LogP contribution in [-0.2, 0) is 7.05 Å². The number of hydrogen-bond acceptors (Lipinski definition) is 3. The first-order valence-electron chi connectivity index (χ1n) is 6.99. The average Bonchev–Trinajstić information content (AvgIpc) is 2.63. The molecule has 1 aliphatic heterocycles. The van der Waals surface area contributed by atoms with Crippen LogP contribution in [0.3, 0.4) is 0 Å². The van der Waals surface area contributed by atoms with E-state index in [1.165, 1.54) is 16.7 Å². The van der Waals surface area contributed by atoms with E-state index in [1.807, 2.05) is 35.6 Å². The van der Waals surface area contributed by atoms with Gasteiger partial charge in [-0.25, -0.2) is 0 Å². The number of nitrogens with zero attached hydrogens (tertiary/aromatic N) is 2. The molecule has 0 bridgehead atoms. The van der Waals surface area contributed by atoms with Gasteiger partial charge in [0.15, 0.2) is 0 Å². The summed E-state index contributed by atoms with van der Waals surface area (Å²) in [7, 11) is 2.00. The van der Waals surface area contributed by atoms with Gasteiger partial charge in [-0.05, 0) is 23.3 Å². The summed E-state index contributed by atoms with van der Waals surface area (Å²) in [6, 6.07) is 3.90. The number of aryl methyl sites for hydroxylation is 1. The molecule has 1 N–H and O–H groups in total. The Kier molecular flexibility index (Phi) is 3.18. The first kappa shape index (κ1) is 13.8. The van der Waals surface area contributed by atoms with Crippen molar-refractivity contribution in [2.24, 2.45) is 7.05 Å². The molecule has 4 rings (SSSR count). The molecule has 2 unspecified atom stereocenters. The molecule has 0 saturated carbocycles. The van der Waals surface area contributed by atoms with Gasteiger partial charge < -0.3 is 5.32 Å². The molecule has 2 aliphatic rings. The third-order valence-electron chi connectivity index (χ3n) is 4.32. The summed E-state index contributed by atoms with van der Waals surface area (Å²) in [5.41, 5.74) is 4.86. The Bertz CT molecular complexity index is 741. The van der Waals surface area contributed by atoms with E-state index in [-0.39, 0.29) is 11.2 Å². The molecule has 0 radical (unpaired) electrons. The van der Waals surface area contributed by atoms with E-state index >= 15 is 0 Å². The van der Waals surface area contributed by atoms with Crippen molar-refractivity contribution in [2.75, 3.05) is 17.6 Å². The molecule has 2 heterocycles. The Morgan fingerprint density at radius 3 is 2.95 bits per heavy atom. The number of benzene rings is 1. The fraction of sp³-hybridized carbons (Fsp3) is 0.400. The highest BCUT2D eigenvalue weighted by Crippen LogP contribution is 2.53. The normalized spacial score (nSPS) is 23.0. The van der Waals surface area contributed by atoms with Gasteiger partial charge in [-0.3, -0.25) is 4.68 Å². The van der Waals surface area contributed by atoms with Gasteiger partial charge in [-0.2, -0.15) is 5.10 Å². The Labute approximate surface area is 138 Å². The highest BCUT2D eigenvalue weighted by molar-refractivity contribution is 7.99. The predicted octanol–water partition coefficient (Wildman–Crippen LogP) is 4.44. The quantitative estimate of drug-likeness (QED) is 0.769. The SMILES string of the molecule is CC1c2cc(Cl)cc(Cl)c2C2SCCNc3c2c1nn3C. The van der Waals surface area contributed by atoms with Crippen LogP contribution >= 0.6 is 35.0 Å². The molecule has 1 aliphatic carbocycles. The minimum atomic E-state index is 0.211. The summed E-state index contributed by atoms with van der Waals surface area (Å²) < 4.78 is 1.96. The van der Waals surface area contributed by atoms with Crippen LogP contribution in [0.25, 0.3) is 0 Å². The lowest BCUT2D eigenvalue weighted by Gasteiger charge is -2.29. The first-order valence-corrected chi connectivity index (χ1v) is 8.79. The number of nitrogens with one attached hydrogen (secondary N) is 1. The second-order valence-corrected chi connectivity index (χ2v) is 7.62. The maximum atomic E-state index is 6.54. The zero-order chi connectivity index (χ0) is 14.7. The Balaban J connectivity index is 2.03. The standard InChI is InChI=1S/C15H15Cl2N3S/c1-7-9-5-8(16)6-10(17)11(9)14-12-13(7)19-20(2)15(12)18-3-4-21-14/h5-7,14,18H,3-4H2,1-2H3. The smallest absolute Gasteiger partial charge is 0.128 e. The maximum absolute atomic E-state index is 6.54. The Morgan fingerprint density at radius 1 is 1.33 bits per heavy atom. The minimum absolute atomic E-state index is 0.211. The topological polar surface area (TPSA) is 29.9 Å². The molecule has 2 atom stereocenters. The maximum Gasteiger partial charge on any atom is 0.128 e. The zero-order valence-electron chi connectivity index (χ0n) is 11.8. The van der Waals surface area contributed by atoms with Crippen LogP contribution in [0.1, 0.15) is 40.5 Å². The van der Waals surface area contributed by atoms with E-state index in [0.717, 1.165) is 28.8 Å². The van der Waals surface area contributed by atoms with Crippen molar-refractivity contribution in [3.8, 4) is 0 Å². The summed E-state index contributed by atoms with van der Waals surface area (Å²) in [5, 5.41) is 9.96. The summed E-state index contributed by atoms with van der Waals surface area (Å²) in [6.07, 6.45) is 0. The molecular formula is C15H15Cl2N3S. The lowest BCUT2D eigenvalue weighted by atomic mass is 9.82. The van der Waals surface area contributed by atoms with Crippen molar-refractivity contribution < 1.29 is 0 Å². The highest BCUT2D eigenvalue weighted by Gasteiger charge is 2.38. The fourth-order valence-corrected chi connectivity index (χ4v) is 5.36. The molecule has 6 heteroatoms. The number of aromatic nitrogens is 2. The molecule has 2 aromatic rings. The highest BCUT2D eigenvalue weighted by atomic mass is 35.5. The molecule has 1 aromatic carbocycles. The van der Waals surface area contributed by atoms with E-state index in [1.54, 1.807) is 0 Å². The second kappa shape index (κ2) is 4.83. The summed E-state index contributed by atoms with van der Waals surface area (Å²) in [5.74, 6) is 2.39. The van der Waals surface area contributed by atoms with Gasteiger partial charge in [-0.15, -0.1) is 11.8 Å². The minimum Gasteiger partial charge on any atom is -0.369 e. The van der Waals surface area contributed by atoms with E-state index < -0.39 is 0 Å². The number of halogens is 2. The van der Waals surface area contributed by atoms with E-state index in [4.69, 9.17) is 28.3 Å². The fourth-order valence-electron chi connectivity index (χ4n) is 3.39. The summed E-state index contributed by atoms with van der Waals surface area (Å²) >= 11 is 14.7. The van der Waals surface area contributed by atoms with E-state index in [0.29, 0.717) is 5.02 Å². The van der Waals surface area contributed by atoms with Gasteiger partial charge in [-0.1, -0.05) is 30.1 Å². The van der Waals surface area contributed by atoms with Crippen LogP contribution in [0.4, 0.5) is 5.82 Å². The molecule has 110 valence electrons. The van der Waals surface area contributed by atoms with Gasteiger partial charge in [0.2, 0.25) is 0 Å². The van der Waals surface area contributed by atoms with Crippen molar-refractivity contribution in [1.29, 1.82) is 0 Å². The third-order valence-corrected chi connectivity index (χ3v) is 6.09. The monoisotopic (exact) mass is 339 g/mol. The van der Waals surface area contributed by atoms with Crippen molar-refractivity contribution >= 4 is 40.8 Å². The predicted molar refractivity (Wildman–Crippen MR) is 90.0 cm³/mol. The lowest BCUT2D eigenvalue weighted by molar-refractivity contribution is 0.720. The van der Waals surface area contributed by atoms with Crippen molar-refractivity contribution in [3.05, 3.63) is 44.6 Å². The van der Waals surface area contributed by atoms with Crippen LogP contribution in [0.5, 0.6) is 0 Å². The van der Waals surface area contributed by atoms with Crippen LogP contribution in [-0.4, -0.2) is 22.1 Å². The number of hydrogen-bond donors (Lipinski definition) is 1. The number of rotatable bonds is 0. The Hall–Kier alpha value is -0.840. The van der Waals surface area contributed by atoms with Crippen LogP contribution < -0.4 is 5.32 Å². The lowest BCUT2D eigenvalue weighted by Crippen LogP contribution is -2.15. The molecular weight excluding hydrogens is 325 g/mol. The zero-order valence-corrected chi connectivity index (χ0v) is 14.1. The van der Waals surface area contributed by atoms with Gasteiger partial charge >= 0.3 is 0 Å². The van der Waals surface area contributed by atoms with Crippen molar-refractivity contribution in [3.63, 3.8) is 0 Å². The van der Waals surface area contributed by atoms with Gasteiger partial charge in [0.1, 0.15) is 5.82 Å². The van der Waals surface area contributed by atoms with Gasteiger partial charge in [0, 0.05) is 40.9 Å². The summed E-state index contributed by atoms with van der Waals surface area (Å²) in [4.78, 5) is 0.